The third-order valence-corrected chi connectivity index (χ3v) is 5.35. The molecule has 0 radical (unpaired) electrons. The zero-order valence-corrected chi connectivity index (χ0v) is 14.5. The van der Waals surface area contributed by atoms with Gasteiger partial charge in [-0.1, -0.05) is 30.3 Å². The Morgan fingerprint density at radius 3 is 2.67 bits per heavy atom. The summed E-state index contributed by atoms with van der Waals surface area (Å²) in [6.07, 6.45) is 1.44. The number of carbonyl (C=O) groups is 1. The normalized spacial score (nSPS) is 28.8. The van der Waals surface area contributed by atoms with Crippen molar-refractivity contribution in [2.45, 2.75) is 25.4 Å². The van der Waals surface area contributed by atoms with Gasteiger partial charge in [0.2, 0.25) is 5.91 Å². The van der Waals surface area contributed by atoms with Crippen molar-refractivity contribution < 1.29 is 14.6 Å². The molecular weight excluding hydrogens is 304 g/mol. The first-order chi connectivity index (χ1) is 11.5. The Balaban J connectivity index is 1.60. The molecule has 0 bridgehead atoms. The fourth-order valence-electron chi connectivity index (χ4n) is 3.58. The van der Waals surface area contributed by atoms with Gasteiger partial charge in [-0.15, -0.1) is 0 Å². The van der Waals surface area contributed by atoms with Crippen molar-refractivity contribution in [3.63, 3.8) is 0 Å². The molecular formula is C19H28N2O3. The number of hydrogen-bond acceptors (Lipinski definition) is 4. The highest BCUT2D eigenvalue weighted by Gasteiger charge is 2.39. The number of carbonyl (C=O) groups excluding carboxylic acids is 1. The average Bonchev–Trinajstić information content (AvgIpc) is 2.58. The summed E-state index contributed by atoms with van der Waals surface area (Å²) in [5.41, 5.74) is 0.497. The molecule has 2 fully saturated rings. The lowest BCUT2D eigenvalue weighted by Gasteiger charge is -2.43. The van der Waals surface area contributed by atoms with Crippen molar-refractivity contribution in [2.24, 2.45) is 5.92 Å². The predicted octanol–water partition coefficient (Wildman–Crippen LogP) is 1.16. The van der Waals surface area contributed by atoms with Gasteiger partial charge < -0.3 is 14.7 Å². The van der Waals surface area contributed by atoms with E-state index in [1.54, 1.807) is 0 Å². The van der Waals surface area contributed by atoms with E-state index in [1.165, 1.54) is 5.56 Å². The Morgan fingerprint density at radius 1 is 1.25 bits per heavy atom. The number of likely N-dealkylation sites (tertiary alicyclic amines) is 1. The van der Waals surface area contributed by atoms with Crippen molar-refractivity contribution in [1.82, 2.24) is 9.80 Å². The maximum absolute atomic E-state index is 12.6. The second-order valence-electron chi connectivity index (χ2n) is 7.22. The first-order valence-electron chi connectivity index (χ1n) is 8.89. The Hall–Kier alpha value is -1.43. The first kappa shape index (κ1) is 17.4. The van der Waals surface area contributed by atoms with Crippen LogP contribution in [0.3, 0.4) is 0 Å². The third-order valence-electron chi connectivity index (χ3n) is 5.35. The van der Waals surface area contributed by atoms with E-state index in [-0.39, 0.29) is 11.8 Å². The molecule has 132 valence electrons. The Kier molecular flexibility index (Phi) is 5.54. The van der Waals surface area contributed by atoms with Crippen LogP contribution in [0.25, 0.3) is 0 Å². The minimum atomic E-state index is -0.717. The molecule has 0 aliphatic carbocycles. The van der Waals surface area contributed by atoms with Crippen LogP contribution in [-0.2, 0) is 16.0 Å². The van der Waals surface area contributed by atoms with Crippen LogP contribution in [0.2, 0.25) is 0 Å². The first-order valence-corrected chi connectivity index (χ1v) is 8.89. The van der Waals surface area contributed by atoms with Gasteiger partial charge in [-0.2, -0.15) is 0 Å². The lowest BCUT2D eigenvalue weighted by atomic mass is 9.79. The lowest BCUT2D eigenvalue weighted by Crippen LogP contribution is -2.54. The quantitative estimate of drug-likeness (QED) is 0.899. The van der Waals surface area contributed by atoms with E-state index in [2.05, 4.69) is 17.0 Å². The molecule has 0 unspecified atom stereocenters. The smallest absolute Gasteiger partial charge is 0.236 e. The molecule has 2 aliphatic rings. The number of ether oxygens (including phenoxy) is 1. The molecule has 24 heavy (non-hydrogen) atoms. The molecule has 5 heteroatoms. The molecule has 0 aromatic heterocycles. The van der Waals surface area contributed by atoms with Crippen molar-refractivity contribution in [3.05, 3.63) is 35.9 Å². The lowest BCUT2D eigenvalue weighted by molar-refractivity contribution is -0.140. The number of benzene rings is 1. The molecule has 1 aromatic rings. The summed E-state index contributed by atoms with van der Waals surface area (Å²) in [4.78, 5) is 16.7. The summed E-state index contributed by atoms with van der Waals surface area (Å²) in [7, 11) is 0. The minimum absolute atomic E-state index is 0.0716. The summed E-state index contributed by atoms with van der Waals surface area (Å²) in [6, 6.07) is 10.2. The SMILES string of the molecule is C[C@@]1(O)CCN(C(=O)CN2CCOCC2)C[C@@H]1Cc1ccccc1. The number of amides is 1. The number of morpholine rings is 1. The van der Waals surface area contributed by atoms with E-state index in [4.69, 9.17) is 4.74 Å². The van der Waals surface area contributed by atoms with Crippen LogP contribution < -0.4 is 0 Å². The average molecular weight is 332 g/mol. The molecule has 1 N–H and O–H groups in total. The molecule has 2 heterocycles. The topological polar surface area (TPSA) is 53.0 Å². The zero-order chi connectivity index (χ0) is 17.0. The van der Waals surface area contributed by atoms with Gasteiger partial charge in [-0.25, -0.2) is 0 Å². The Bertz CT molecular complexity index is 541. The third kappa shape index (κ3) is 4.35. The summed E-state index contributed by atoms with van der Waals surface area (Å²) >= 11 is 0. The summed E-state index contributed by atoms with van der Waals surface area (Å²) < 4.78 is 5.34. The fourth-order valence-corrected chi connectivity index (χ4v) is 3.58. The molecule has 2 saturated heterocycles. The molecule has 3 rings (SSSR count). The van der Waals surface area contributed by atoms with E-state index in [1.807, 2.05) is 30.0 Å². The van der Waals surface area contributed by atoms with Gasteiger partial charge in [-0.05, 0) is 25.3 Å². The van der Waals surface area contributed by atoms with Gasteiger partial charge in [0.15, 0.2) is 0 Å². The van der Waals surface area contributed by atoms with Crippen LogP contribution in [-0.4, -0.2) is 72.4 Å². The summed E-state index contributed by atoms with van der Waals surface area (Å²) in [6.45, 7) is 6.70. The van der Waals surface area contributed by atoms with E-state index in [0.717, 1.165) is 19.5 Å². The van der Waals surface area contributed by atoms with E-state index >= 15 is 0 Å². The monoisotopic (exact) mass is 332 g/mol. The maximum atomic E-state index is 12.6. The number of hydrogen-bond donors (Lipinski definition) is 1. The van der Waals surface area contributed by atoms with Crippen molar-refractivity contribution in [1.29, 1.82) is 0 Å². The number of rotatable bonds is 4. The Labute approximate surface area is 144 Å². The van der Waals surface area contributed by atoms with Crippen LogP contribution in [0.15, 0.2) is 30.3 Å². The van der Waals surface area contributed by atoms with E-state index in [9.17, 15) is 9.90 Å². The van der Waals surface area contributed by atoms with Crippen LogP contribution in [0.5, 0.6) is 0 Å². The fraction of sp³-hybridized carbons (Fsp3) is 0.632. The number of nitrogens with zero attached hydrogens (tertiary/aromatic N) is 2. The highest BCUT2D eigenvalue weighted by Crippen LogP contribution is 2.30. The van der Waals surface area contributed by atoms with Gasteiger partial charge in [0, 0.05) is 32.1 Å². The molecule has 0 saturated carbocycles. The van der Waals surface area contributed by atoms with Gasteiger partial charge in [-0.3, -0.25) is 9.69 Å². The maximum Gasteiger partial charge on any atom is 0.236 e. The molecule has 2 atom stereocenters. The predicted molar refractivity (Wildman–Crippen MR) is 92.7 cm³/mol. The van der Waals surface area contributed by atoms with Crippen LogP contribution in [0, 0.1) is 5.92 Å². The second-order valence-corrected chi connectivity index (χ2v) is 7.22. The van der Waals surface area contributed by atoms with Gasteiger partial charge >= 0.3 is 0 Å². The molecule has 1 aromatic carbocycles. The summed E-state index contributed by atoms with van der Waals surface area (Å²) in [5.74, 6) is 0.243. The largest absolute Gasteiger partial charge is 0.390 e. The number of piperidine rings is 1. The Morgan fingerprint density at radius 2 is 1.96 bits per heavy atom. The minimum Gasteiger partial charge on any atom is -0.390 e. The van der Waals surface area contributed by atoms with Crippen molar-refractivity contribution >= 4 is 5.91 Å². The standard InChI is InChI=1S/C19H28N2O3/c1-19(23)7-8-21(18(22)15-20-9-11-24-12-10-20)14-17(19)13-16-5-3-2-4-6-16/h2-6,17,23H,7-15H2,1H3/t17-,19+/m0/s1. The van der Waals surface area contributed by atoms with Crippen molar-refractivity contribution in [3.8, 4) is 0 Å². The van der Waals surface area contributed by atoms with Crippen LogP contribution in [0.1, 0.15) is 18.9 Å². The highest BCUT2D eigenvalue weighted by molar-refractivity contribution is 5.78. The van der Waals surface area contributed by atoms with Gasteiger partial charge in [0.05, 0.1) is 25.4 Å². The van der Waals surface area contributed by atoms with Gasteiger partial charge in [0.25, 0.3) is 0 Å². The van der Waals surface area contributed by atoms with Crippen LogP contribution >= 0.6 is 0 Å². The zero-order valence-electron chi connectivity index (χ0n) is 14.5. The van der Waals surface area contributed by atoms with E-state index < -0.39 is 5.60 Å². The van der Waals surface area contributed by atoms with E-state index in [0.29, 0.717) is 39.3 Å². The van der Waals surface area contributed by atoms with Crippen molar-refractivity contribution in [2.75, 3.05) is 45.9 Å². The number of aliphatic hydroxyl groups is 1. The molecule has 0 spiro atoms. The highest BCUT2D eigenvalue weighted by atomic mass is 16.5. The van der Waals surface area contributed by atoms with Crippen LogP contribution in [0.4, 0.5) is 0 Å². The molecule has 2 aliphatic heterocycles. The summed E-state index contributed by atoms with van der Waals surface area (Å²) in [5, 5.41) is 10.8. The van der Waals surface area contributed by atoms with Gasteiger partial charge in [0.1, 0.15) is 0 Å². The molecule has 1 amide bonds. The molecule has 5 nitrogen and oxygen atoms in total. The second kappa shape index (κ2) is 7.64.